The number of hydrogen-bond acceptors (Lipinski definition) is 5. The van der Waals surface area contributed by atoms with E-state index in [1.165, 1.54) is 4.90 Å². The normalized spacial score (nSPS) is 14.9. The average Bonchev–Trinajstić information content (AvgIpc) is 2.45. The number of carbonyl (C=O) groups is 1. The fourth-order valence-corrected chi connectivity index (χ4v) is 1.80. The van der Waals surface area contributed by atoms with E-state index >= 15 is 0 Å². The zero-order valence-electron chi connectivity index (χ0n) is 10.6. The van der Waals surface area contributed by atoms with Crippen LogP contribution in [0.5, 0.6) is 5.75 Å². The average molecular weight is 284 g/mol. The van der Waals surface area contributed by atoms with Crippen molar-refractivity contribution in [2.24, 2.45) is 0 Å². The summed E-state index contributed by atoms with van der Waals surface area (Å²) in [5.74, 6) is -1.23. The van der Waals surface area contributed by atoms with Crippen molar-refractivity contribution in [2.75, 3.05) is 32.9 Å². The van der Waals surface area contributed by atoms with E-state index in [-0.39, 0.29) is 24.0 Å². The number of nitrogens with zero attached hydrogens (tertiary/aromatic N) is 2. The number of rotatable bonds is 4. The monoisotopic (exact) mass is 284 g/mol. The topological polar surface area (TPSA) is 81.9 Å². The van der Waals surface area contributed by atoms with Crippen LogP contribution in [0.3, 0.4) is 0 Å². The fraction of sp³-hybridized carbons (Fsp3) is 0.417. The Hall–Kier alpha value is -2.22. The van der Waals surface area contributed by atoms with Crippen LogP contribution >= 0.6 is 0 Å². The van der Waals surface area contributed by atoms with Crippen LogP contribution in [0.25, 0.3) is 0 Å². The smallest absolute Gasteiger partial charge is 0.311 e. The van der Waals surface area contributed by atoms with E-state index in [0.717, 1.165) is 18.2 Å². The van der Waals surface area contributed by atoms with Gasteiger partial charge in [-0.15, -0.1) is 0 Å². The molecule has 20 heavy (non-hydrogen) atoms. The highest BCUT2D eigenvalue weighted by atomic mass is 19.1. The van der Waals surface area contributed by atoms with Crippen molar-refractivity contribution in [1.29, 1.82) is 0 Å². The standard InChI is InChI=1S/C12H13FN2O5/c13-9-1-2-10(15(17)18)11(7-9)20-8-12(16)14-3-5-19-6-4-14/h1-2,7H,3-6,8H2. The van der Waals surface area contributed by atoms with Crippen molar-refractivity contribution in [1.82, 2.24) is 4.90 Å². The third-order valence-corrected chi connectivity index (χ3v) is 2.83. The van der Waals surface area contributed by atoms with Gasteiger partial charge in [0.15, 0.2) is 6.61 Å². The number of carbonyl (C=O) groups excluding carboxylic acids is 1. The summed E-state index contributed by atoms with van der Waals surface area (Å²) >= 11 is 0. The largest absolute Gasteiger partial charge is 0.477 e. The molecule has 0 radical (unpaired) electrons. The molecule has 1 saturated heterocycles. The Kier molecular flexibility index (Phi) is 4.46. The van der Waals surface area contributed by atoms with Gasteiger partial charge in [0.1, 0.15) is 5.82 Å². The van der Waals surface area contributed by atoms with E-state index in [2.05, 4.69) is 0 Å². The van der Waals surface area contributed by atoms with Gasteiger partial charge in [-0.05, 0) is 6.07 Å². The molecule has 0 spiro atoms. The maximum atomic E-state index is 13.1. The predicted octanol–water partition coefficient (Wildman–Crippen LogP) is 0.971. The Balaban J connectivity index is 2.01. The van der Waals surface area contributed by atoms with Crippen molar-refractivity contribution in [2.45, 2.75) is 0 Å². The molecule has 0 aromatic heterocycles. The minimum atomic E-state index is -0.687. The van der Waals surface area contributed by atoms with Crippen molar-refractivity contribution >= 4 is 11.6 Å². The van der Waals surface area contributed by atoms with E-state index in [4.69, 9.17) is 9.47 Å². The molecule has 0 saturated carbocycles. The molecule has 0 unspecified atom stereocenters. The zero-order valence-corrected chi connectivity index (χ0v) is 10.6. The molecule has 7 nitrogen and oxygen atoms in total. The summed E-state index contributed by atoms with van der Waals surface area (Å²) in [6.07, 6.45) is 0. The molecule has 2 rings (SSSR count). The van der Waals surface area contributed by atoms with Crippen molar-refractivity contribution in [3.05, 3.63) is 34.1 Å². The first-order chi connectivity index (χ1) is 9.58. The Morgan fingerprint density at radius 1 is 1.45 bits per heavy atom. The first-order valence-electron chi connectivity index (χ1n) is 6.00. The van der Waals surface area contributed by atoms with E-state index < -0.39 is 10.7 Å². The van der Waals surface area contributed by atoms with E-state index in [1.54, 1.807) is 0 Å². The van der Waals surface area contributed by atoms with Gasteiger partial charge in [0.25, 0.3) is 5.91 Å². The second-order valence-corrected chi connectivity index (χ2v) is 4.15. The van der Waals surface area contributed by atoms with Crippen LogP contribution in [0.15, 0.2) is 18.2 Å². The summed E-state index contributed by atoms with van der Waals surface area (Å²) in [6.45, 7) is 1.43. The Morgan fingerprint density at radius 2 is 2.15 bits per heavy atom. The number of halogens is 1. The van der Waals surface area contributed by atoms with Crippen LogP contribution < -0.4 is 4.74 Å². The highest BCUT2D eigenvalue weighted by molar-refractivity contribution is 5.78. The molecular weight excluding hydrogens is 271 g/mol. The lowest BCUT2D eigenvalue weighted by Gasteiger charge is -2.26. The van der Waals surface area contributed by atoms with Gasteiger partial charge < -0.3 is 14.4 Å². The van der Waals surface area contributed by atoms with Crippen LogP contribution in [0.2, 0.25) is 0 Å². The summed E-state index contributed by atoms with van der Waals surface area (Å²) in [4.78, 5) is 23.4. The maximum absolute atomic E-state index is 13.1. The molecule has 0 aliphatic carbocycles. The first kappa shape index (κ1) is 14.2. The number of hydrogen-bond donors (Lipinski definition) is 0. The van der Waals surface area contributed by atoms with Crippen molar-refractivity contribution < 1.29 is 23.6 Å². The minimum Gasteiger partial charge on any atom is -0.477 e. The Labute approximate surface area is 114 Å². The van der Waals surface area contributed by atoms with Gasteiger partial charge in [-0.25, -0.2) is 4.39 Å². The molecule has 1 aromatic carbocycles. The zero-order chi connectivity index (χ0) is 14.5. The number of nitro groups is 1. The highest BCUT2D eigenvalue weighted by Crippen LogP contribution is 2.27. The molecule has 1 aliphatic rings. The summed E-state index contributed by atoms with van der Waals surface area (Å²) in [5, 5.41) is 10.8. The van der Waals surface area contributed by atoms with Gasteiger partial charge in [-0.2, -0.15) is 0 Å². The minimum absolute atomic E-state index is 0.253. The lowest BCUT2D eigenvalue weighted by Crippen LogP contribution is -2.43. The lowest BCUT2D eigenvalue weighted by molar-refractivity contribution is -0.385. The van der Waals surface area contributed by atoms with Crippen molar-refractivity contribution in [3.63, 3.8) is 0 Å². The third kappa shape index (κ3) is 3.41. The molecule has 1 fully saturated rings. The summed E-state index contributed by atoms with van der Waals surface area (Å²) < 4.78 is 23.3. The second-order valence-electron chi connectivity index (χ2n) is 4.15. The van der Waals surface area contributed by atoms with E-state index in [9.17, 15) is 19.3 Å². The third-order valence-electron chi connectivity index (χ3n) is 2.83. The van der Waals surface area contributed by atoms with Gasteiger partial charge in [-0.1, -0.05) is 0 Å². The Morgan fingerprint density at radius 3 is 2.80 bits per heavy atom. The quantitative estimate of drug-likeness (QED) is 0.608. The van der Waals surface area contributed by atoms with Crippen LogP contribution in [0.1, 0.15) is 0 Å². The molecule has 0 atom stereocenters. The molecule has 1 aliphatic heterocycles. The highest BCUT2D eigenvalue weighted by Gasteiger charge is 2.20. The number of amides is 1. The van der Waals surface area contributed by atoms with Crippen LogP contribution in [-0.4, -0.2) is 48.6 Å². The molecular formula is C12H13FN2O5. The van der Waals surface area contributed by atoms with Crippen molar-refractivity contribution in [3.8, 4) is 5.75 Å². The molecule has 108 valence electrons. The maximum Gasteiger partial charge on any atom is 0.311 e. The number of nitro benzene ring substituents is 1. The van der Waals surface area contributed by atoms with Gasteiger partial charge in [0, 0.05) is 25.2 Å². The molecule has 0 bridgehead atoms. The molecule has 1 aromatic rings. The van der Waals surface area contributed by atoms with Crippen LogP contribution in [0, 0.1) is 15.9 Å². The summed E-state index contributed by atoms with van der Waals surface area (Å²) in [7, 11) is 0. The van der Waals surface area contributed by atoms with E-state index in [0.29, 0.717) is 26.3 Å². The predicted molar refractivity (Wildman–Crippen MR) is 65.9 cm³/mol. The first-order valence-corrected chi connectivity index (χ1v) is 6.00. The fourth-order valence-electron chi connectivity index (χ4n) is 1.80. The summed E-state index contributed by atoms with van der Waals surface area (Å²) in [6, 6.07) is 2.86. The second kappa shape index (κ2) is 6.29. The van der Waals surface area contributed by atoms with Gasteiger partial charge in [0.2, 0.25) is 5.75 Å². The van der Waals surface area contributed by atoms with Gasteiger partial charge >= 0.3 is 5.69 Å². The number of morpholine rings is 1. The Bertz CT molecular complexity index is 517. The SMILES string of the molecule is O=C(COc1cc(F)ccc1[N+](=O)[O-])N1CCOCC1. The molecule has 8 heteroatoms. The number of benzene rings is 1. The molecule has 0 N–H and O–H groups in total. The van der Waals surface area contributed by atoms with Crippen LogP contribution in [0.4, 0.5) is 10.1 Å². The molecule has 1 heterocycles. The van der Waals surface area contributed by atoms with Crippen LogP contribution in [-0.2, 0) is 9.53 Å². The lowest BCUT2D eigenvalue weighted by atomic mass is 10.3. The number of ether oxygens (including phenoxy) is 2. The molecule has 1 amide bonds. The van der Waals surface area contributed by atoms with E-state index in [1.807, 2.05) is 0 Å². The van der Waals surface area contributed by atoms with Gasteiger partial charge in [0.05, 0.1) is 18.1 Å². The van der Waals surface area contributed by atoms with Gasteiger partial charge in [-0.3, -0.25) is 14.9 Å². The summed E-state index contributed by atoms with van der Waals surface area (Å²) in [5.41, 5.74) is -0.374.